The van der Waals surface area contributed by atoms with Gasteiger partial charge in [0.05, 0.1) is 6.61 Å². The minimum Gasteiger partial charge on any atom is -0.383 e. The molecule has 1 heterocycles. The second-order valence-corrected chi connectivity index (χ2v) is 5.27. The molecule has 1 rings (SSSR count). The molecule has 106 valence electrons. The van der Waals surface area contributed by atoms with Gasteiger partial charge in [-0.2, -0.15) is 0 Å². The number of aromatic nitrogens is 1. The van der Waals surface area contributed by atoms with Crippen LogP contribution in [0.4, 0.5) is 10.9 Å². The van der Waals surface area contributed by atoms with E-state index in [9.17, 15) is 4.79 Å². The number of hydrogen-bond acceptors (Lipinski definition) is 6. The maximum Gasteiger partial charge on any atom is 0.267 e. The smallest absolute Gasteiger partial charge is 0.267 e. The van der Waals surface area contributed by atoms with Crippen LogP contribution in [0.2, 0.25) is 0 Å². The molecule has 6 nitrogen and oxygen atoms in total. The molecule has 0 saturated carbocycles. The number of ether oxygens (including phenoxy) is 1. The highest BCUT2D eigenvalue weighted by Crippen LogP contribution is 2.26. The molecule has 0 aliphatic rings. The Morgan fingerprint density at radius 1 is 1.63 bits per heavy atom. The van der Waals surface area contributed by atoms with E-state index in [1.165, 1.54) is 11.3 Å². The summed E-state index contributed by atoms with van der Waals surface area (Å²) in [6.45, 7) is 7.35. The van der Waals surface area contributed by atoms with Crippen LogP contribution in [-0.2, 0) is 4.74 Å². The van der Waals surface area contributed by atoms with Gasteiger partial charge in [0.15, 0.2) is 5.13 Å². The lowest BCUT2D eigenvalue weighted by molar-refractivity contribution is 0.0812. The number of nitrogens with zero attached hydrogens (tertiary/aromatic N) is 2. The highest BCUT2D eigenvalue weighted by Gasteiger charge is 2.19. The second kappa shape index (κ2) is 7.10. The van der Waals surface area contributed by atoms with E-state index >= 15 is 0 Å². The minimum absolute atomic E-state index is 0.141. The Balaban J connectivity index is 2.72. The number of anilines is 2. The van der Waals surface area contributed by atoms with Gasteiger partial charge in [-0.15, -0.1) is 0 Å². The number of amides is 1. The fraction of sp³-hybridized carbons (Fsp3) is 0.500. The Hall–Kier alpha value is -1.60. The third-order valence-electron chi connectivity index (χ3n) is 2.28. The predicted octanol–water partition coefficient (Wildman–Crippen LogP) is 1.43. The molecule has 7 heteroatoms. The summed E-state index contributed by atoms with van der Waals surface area (Å²) >= 11 is 1.25. The molecule has 0 aliphatic carbocycles. The van der Waals surface area contributed by atoms with E-state index in [0.717, 1.165) is 5.57 Å². The number of nitrogen functional groups attached to an aromatic ring is 1. The van der Waals surface area contributed by atoms with Gasteiger partial charge in [-0.25, -0.2) is 4.98 Å². The topological polar surface area (TPSA) is 80.5 Å². The molecular weight excluding hydrogens is 264 g/mol. The fourth-order valence-corrected chi connectivity index (χ4v) is 2.38. The molecule has 0 unspecified atom stereocenters. The van der Waals surface area contributed by atoms with Crippen molar-refractivity contribution in [3.8, 4) is 0 Å². The van der Waals surface area contributed by atoms with Gasteiger partial charge in [0.1, 0.15) is 10.7 Å². The number of thiazole rings is 1. The molecule has 1 amide bonds. The van der Waals surface area contributed by atoms with Crippen LogP contribution in [0.25, 0.3) is 0 Å². The summed E-state index contributed by atoms with van der Waals surface area (Å²) in [5.74, 6) is 0.112. The summed E-state index contributed by atoms with van der Waals surface area (Å²) in [5, 5.41) is 3.68. The zero-order valence-electron chi connectivity index (χ0n) is 11.5. The first-order valence-corrected chi connectivity index (χ1v) is 6.66. The quantitative estimate of drug-likeness (QED) is 0.585. The number of rotatable bonds is 7. The van der Waals surface area contributed by atoms with E-state index < -0.39 is 0 Å². The summed E-state index contributed by atoms with van der Waals surface area (Å²) in [5.41, 5.74) is 6.69. The molecule has 1 aromatic rings. The third-order valence-corrected chi connectivity index (χ3v) is 3.30. The molecule has 0 saturated heterocycles. The molecule has 0 radical (unpaired) electrons. The van der Waals surface area contributed by atoms with Gasteiger partial charge in [0, 0.05) is 27.2 Å². The van der Waals surface area contributed by atoms with Gasteiger partial charge < -0.3 is 20.7 Å². The number of hydrogen-bond donors (Lipinski definition) is 2. The lowest BCUT2D eigenvalue weighted by Gasteiger charge is -2.15. The van der Waals surface area contributed by atoms with Crippen LogP contribution < -0.4 is 11.1 Å². The van der Waals surface area contributed by atoms with E-state index in [1.807, 2.05) is 6.92 Å². The monoisotopic (exact) mass is 284 g/mol. The fourth-order valence-electron chi connectivity index (χ4n) is 1.47. The van der Waals surface area contributed by atoms with Gasteiger partial charge >= 0.3 is 0 Å². The lowest BCUT2D eigenvalue weighted by Crippen LogP contribution is -2.28. The molecule has 0 spiro atoms. The van der Waals surface area contributed by atoms with Crippen LogP contribution in [-0.4, -0.2) is 49.6 Å². The van der Waals surface area contributed by atoms with Crippen LogP contribution in [0.15, 0.2) is 12.2 Å². The average molecular weight is 284 g/mol. The second-order valence-electron chi connectivity index (χ2n) is 4.27. The van der Waals surface area contributed by atoms with Gasteiger partial charge in [0.2, 0.25) is 0 Å². The van der Waals surface area contributed by atoms with Crippen LogP contribution in [0, 0.1) is 0 Å². The van der Waals surface area contributed by atoms with Crippen LogP contribution in [0.3, 0.4) is 0 Å². The van der Waals surface area contributed by atoms with E-state index in [1.54, 1.807) is 19.1 Å². The summed E-state index contributed by atoms with van der Waals surface area (Å²) in [4.78, 5) is 18.3. The molecule has 0 aromatic carbocycles. The van der Waals surface area contributed by atoms with Crippen molar-refractivity contribution in [2.24, 2.45) is 0 Å². The first-order chi connectivity index (χ1) is 8.95. The maximum absolute atomic E-state index is 12.2. The van der Waals surface area contributed by atoms with E-state index in [2.05, 4.69) is 16.9 Å². The zero-order chi connectivity index (χ0) is 14.4. The van der Waals surface area contributed by atoms with Gasteiger partial charge in [-0.3, -0.25) is 4.79 Å². The number of carbonyl (C=O) groups excluding carboxylic acids is 1. The molecule has 19 heavy (non-hydrogen) atoms. The van der Waals surface area contributed by atoms with Crippen molar-refractivity contribution < 1.29 is 9.53 Å². The van der Waals surface area contributed by atoms with Crippen LogP contribution in [0.1, 0.15) is 16.6 Å². The molecule has 0 fully saturated rings. The van der Waals surface area contributed by atoms with Crippen molar-refractivity contribution in [2.75, 3.05) is 44.9 Å². The Bertz CT molecular complexity index is 459. The maximum atomic E-state index is 12.2. The van der Waals surface area contributed by atoms with Crippen LogP contribution >= 0.6 is 11.3 Å². The minimum atomic E-state index is -0.141. The normalized spacial score (nSPS) is 10.3. The SMILES string of the molecule is C=C(C)CN(C)C(=O)c1sc(NCCOC)nc1N. The standard InChI is InChI=1S/C12H20N4O2S/c1-8(2)7-16(3)11(17)9-10(13)15-12(19-9)14-5-6-18-4/h1,5-7,13H2,2-4H3,(H,14,15). The molecule has 0 aliphatic heterocycles. The predicted molar refractivity (Wildman–Crippen MR) is 78.7 cm³/mol. The molecule has 1 aromatic heterocycles. The third kappa shape index (κ3) is 4.53. The summed E-state index contributed by atoms with van der Waals surface area (Å²) in [6, 6.07) is 0. The van der Waals surface area contributed by atoms with E-state index in [-0.39, 0.29) is 11.7 Å². The first-order valence-electron chi connectivity index (χ1n) is 5.84. The van der Waals surface area contributed by atoms with Crippen molar-refractivity contribution >= 4 is 28.2 Å². The average Bonchev–Trinajstić information content (AvgIpc) is 2.69. The molecule has 3 N–H and O–H groups in total. The van der Waals surface area contributed by atoms with Gasteiger partial charge in [-0.1, -0.05) is 23.5 Å². The Morgan fingerprint density at radius 2 is 2.32 bits per heavy atom. The number of methoxy groups -OCH3 is 1. The molecular formula is C12H20N4O2S. The number of nitrogens with two attached hydrogens (primary N) is 1. The van der Waals surface area contributed by atoms with E-state index in [4.69, 9.17) is 10.5 Å². The summed E-state index contributed by atoms with van der Waals surface area (Å²) in [7, 11) is 3.34. The van der Waals surface area contributed by atoms with E-state index in [0.29, 0.717) is 29.7 Å². The van der Waals surface area contributed by atoms with Crippen molar-refractivity contribution in [1.82, 2.24) is 9.88 Å². The highest BCUT2D eigenvalue weighted by atomic mass is 32.1. The Morgan fingerprint density at radius 3 is 2.89 bits per heavy atom. The molecule has 0 atom stereocenters. The van der Waals surface area contributed by atoms with Gasteiger partial charge in [0.25, 0.3) is 5.91 Å². The summed E-state index contributed by atoms with van der Waals surface area (Å²) < 4.78 is 4.93. The van der Waals surface area contributed by atoms with Crippen molar-refractivity contribution in [2.45, 2.75) is 6.92 Å². The number of nitrogens with one attached hydrogen (secondary N) is 1. The highest BCUT2D eigenvalue weighted by molar-refractivity contribution is 7.18. The van der Waals surface area contributed by atoms with Crippen molar-refractivity contribution in [3.05, 3.63) is 17.0 Å². The van der Waals surface area contributed by atoms with Crippen molar-refractivity contribution in [3.63, 3.8) is 0 Å². The molecule has 0 bridgehead atoms. The Labute approximate surface area is 117 Å². The van der Waals surface area contributed by atoms with Crippen molar-refractivity contribution in [1.29, 1.82) is 0 Å². The zero-order valence-corrected chi connectivity index (χ0v) is 12.3. The number of likely N-dealkylation sites (N-methyl/N-ethyl adjacent to an activating group) is 1. The van der Waals surface area contributed by atoms with Gasteiger partial charge in [-0.05, 0) is 6.92 Å². The Kier molecular flexibility index (Phi) is 5.78. The summed E-state index contributed by atoms with van der Waals surface area (Å²) in [6.07, 6.45) is 0. The first kappa shape index (κ1) is 15.5. The number of carbonyl (C=O) groups is 1. The van der Waals surface area contributed by atoms with Crippen LogP contribution in [0.5, 0.6) is 0 Å². The largest absolute Gasteiger partial charge is 0.383 e. The lowest BCUT2D eigenvalue weighted by atomic mass is 10.3.